The second kappa shape index (κ2) is 11.1. The third kappa shape index (κ3) is 5.75. The maximum Gasteiger partial charge on any atom is 0.416 e. The fraction of sp³-hybridized carbons (Fsp3) is 0.387. The third-order valence-electron chi connectivity index (χ3n) is 7.70. The smallest absolute Gasteiger partial charge is 0.416 e. The second-order valence-electron chi connectivity index (χ2n) is 10.9. The molecule has 1 amide bonds. The van der Waals surface area contributed by atoms with Crippen molar-refractivity contribution in [2.45, 2.75) is 51.0 Å². The van der Waals surface area contributed by atoms with Crippen LogP contribution in [0.15, 0.2) is 82.7 Å². The fourth-order valence-corrected chi connectivity index (χ4v) is 6.12. The number of fused-ring (bicyclic) bond motifs is 2. The molecule has 4 aliphatic rings. The topological polar surface area (TPSA) is 69.3 Å². The number of hydrogen-bond acceptors (Lipinski definition) is 6. The number of carbonyl (C=O) groups excluding carboxylic acids is 1. The van der Waals surface area contributed by atoms with Gasteiger partial charge >= 0.3 is 6.09 Å². The summed E-state index contributed by atoms with van der Waals surface area (Å²) in [5, 5.41) is 5.04. The van der Waals surface area contributed by atoms with Gasteiger partial charge in [-0.05, 0) is 86.4 Å². The molecule has 3 atom stereocenters. The summed E-state index contributed by atoms with van der Waals surface area (Å²) in [5.41, 5.74) is 4.39. The molecule has 1 unspecified atom stereocenters. The number of rotatable bonds is 6. The maximum absolute atomic E-state index is 13.5. The standard InChI is InChI=1S/C31H32Cl2N2O5/c1-31(2)38-18-24(40-31)14-16-37-22-8-3-19(4-9-22)29-28-25(26-17-21(33)7-12-27(26)34-28)13-15-35(29)30(36)39-23-10-5-20(32)6-11-23/h3-12,24,26,29,34H,13-18H2,1-2H3/t24-,26-,29?/m0/s1. The summed E-state index contributed by atoms with van der Waals surface area (Å²) >= 11 is 12.4. The average molecular weight is 584 g/mol. The Morgan fingerprint density at radius 2 is 1.82 bits per heavy atom. The molecule has 9 heteroatoms. The highest BCUT2D eigenvalue weighted by molar-refractivity contribution is 6.30. The Morgan fingerprint density at radius 1 is 1.07 bits per heavy atom. The van der Waals surface area contributed by atoms with Gasteiger partial charge in [-0.15, -0.1) is 0 Å². The highest BCUT2D eigenvalue weighted by atomic mass is 35.5. The molecular formula is C31H32Cl2N2O5. The summed E-state index contributed by atoms with van der Waals surface area (Å²) < 4.78 is 23.3. The molecule has 3 aliphatic heterocycles. The molecule has 7 nitrogen and oxygen atoms in total. The molecule has 6 rings (SSSR count). The van der Waals surface area contributed by atoms with E-state index in [-0.39, 0.29) is 18.1 Å². The van der Waals surface area contributed by atoms with Crippen LogP contribution >= 0.6 is 23.2 Å². The van der Waals surface area contributed by atoms with Crippen molar-refractivity contribution in [2.24, 2.45) is 5.92 Å². The van der Waals surface area contributed by atoms with Crippen LogP contribution in [0.5, 0.6) is 11.5 Å². The van der Waals surface area contributed by atoms with Crippen LogP contribution in [0.4, 0.5) is 4.79 Å². The van der Waals surface area contributed by atoms with Gasteiger partial charge in [0, 0.05) is 40.3 Å². The predicted molar refractivity (Wildman–Crippen MR) is 153 cm³/mol. The van der Waals surface area contributed by atoms with Crippen LogP contribution in [0.25, 0.3) is 0 Å². The lowest BCUT2D eigenvalue weighted by molar-refractivity contribution is -0.139. The Morgan fingerprint density at radius 3 is 2.55 bits per heavy atom. The van der Waals surface area contributed by atoms with E-state index in [1.807, 2.05) is 50.3 Å². The van der Waals surface area contributed by atoms with Crippen molar-refractivity contribution in [3.63, 3.8) is 0 Å². The average Bonchev–Trinajstić information content (AvgIpc) is 3.48. The van der Waals surface area contributed by atoms with Gasteiger partial charge in [-0.2, -0.15) is 0 Å². The molecule has 2 aromatic carbocycles. The lowest BCUT2D eigenvalue weighted by Crippen LogP contribution is -2.42. The molecule has 40 heavy (non-hydrogen) atoms. The molecule has 0 spiro atoms. The molecule has 1 fully saturated rings. The van der Waals surface area contributed by atoms with E-state index < -0.39 is 11.9 Å². The van der Waals surface area contributed by atoms with Crippen LogP contribution in [-0.2, 0) is 9.47 Å². The molecule has 3 heterocycles. The molecule has 2 aromatic rings. The number of benzene rings is 2. The van der Waals surface area contributed by atoms with E-state index in [2.05, 4.69) is 5.32 Å². The van der Waals surface area contributed by atoms with Crippen molar-refractivity contribution in [1.29, 1.82) is 0 Å². The SMILES string of the molecule is CC1(C)OC[C@H](CCOc2ccc(C3C4=C(CCN3C(=O)Oc3ccc(Cl)cc3)[C@@H]3CC(Cl)=CC=C3N4)cc2)O1. The predicted octanol–water partition coefficient (Wildman–Crippen LogP) is 7.09. The zero-order valence-electron chi connectivity index (χ0n) is 22.5. The number of nitrogens with zero attached hydrogens (tertiary/aromatic N) is 1. The molecule has 1 aliphatic carbocycles. The second-order valence-corrected chi connectivity index (χ2v) is 11.8. The van der Waals surface area contributed by atoms with E-state index >= 15 is 0 Å². The van der Waals surface area contributed by atoms with Gasteiger partial charge in [0.05, 0.1) is 19.3 Å². The Hall–Kier alpha value is -2.97. The van der Waals surface area contributed by atoms with Gasteiger partial charge in [0.25, 0.3) is 0 Å². The molecule has 1 saturated heterocycles. The Bertz CT molecular complexity index is 1370. The summed E-state index contributed by atoms with van der Waals surface area (Å²) in [7, 11) is 0. The first-order chi connectivity index (χ1) is 19.3. The van der Waals surface area contributed by atoms with Crippen molar-refractivity contribution in [3.8, 4) is 11.5 Å². The lowest BCUT2D eigenvalue weighted by Gasteiger charge is -2.36. The first kappa shape index (κ1) is 27.2. The lowest BCUT2D eigenvalue weighted by atomic mass is 9.85. The summed E-state index contributed by atoms with van der Waals surface area (Å²) in [4.78, 5) is 15.3. The first-order valence-corrected chi connectivity index (χ1v) is 14.4. The van der Waals surface area contributed by atoms with Gasteiger partial charge in [0.2, 0.25) is 0 Å². The quantitative estimate of drug-likeness (QED) is 0.392. The largest absolute Gasteiger partial charge is 0.493 e. The number of allylic oxidation sites excluding steroid dienone is 4. The van der Waals surface area contributed by atoms with Crippen LogP contribution in [-0.4, -0.2) is 42.6 Å². The van der Waals surface area contributed by atoms with Crippen molar-refractivity contribution < 1.29 is 23.7 Å². The Labute approximate surface area is 244 Å². The van der Waals surface area contributed by atoms with Crippen molar-refractivity contribution in [3.05, 3.63) is 93.3 Å². The van der Waals surface area contributed by atoms with E-state index in [1.165, 1.54) is 5.57 Å². The van der Waals surface area contributed by atoms with Crippen LogP contribution in [0, 0.1) is 5.92 Å². The van der Waals surface area contributed by atoms with E-state index in [4.69, 9.17) is 42.1 Å². The fourth-order valence-electron chi connectivity index (χ4n) is 5.78. The minimum atomic E-state index is -0.538. The van der Waals surface area contributed by atoms with Crippen LogP contribution in [0.3, 0.4) is 0 Å². The molecule has 210 valence electrons. The number of carbonyl (C=O) groups is 1. The van der Waals surface area contributed by atoms with Crippen LogP contribution in [0.2, 0.25) is 5.02 Å². The van der Waals surface area contributed by atoms with Gasteiger partial charge in [-0.25, -0.2) is 4.79 Å². The minimum absolute atomic E-state index is 0.0244. The molecule has 1 N–H and O–H groups in total. The number of nitrogens with one attached hydrogen (secondary N) is 1. The summed E-state index contributed by atoms with van der Waals surface area (Å²) in [6.07, 6.45) is 5.84. The number of amides is 1. The van der Waals surface area contributed by atoms with Crippen molar-refractivity contribution in [1.82, 2.24) is 10.2 Å². The zero-order valence-corrected chi connectivity index (χ0v) is 24.0. The molecule has 0 aromatic heterocycles. The van der Waals surface area contributed by atoms with Crippen LogP contribution < -0.4 is 14.8 Å². The van der Waals surface area contributed by atoms with Gasteiger partial charge in [-0.3, -0.25) is 4.90 Å². The summed E-state index contributed by atoms with van der Waals surface area (Å²) in [6, 6.07) is 14.4. The Kier molecular flexibility index (Phi) is 7.57. The van der Waals surface area contributed by atoms with Gasteiger partial charge in [-0.1, -0.05) is 35.3 Å². The first-order valence-electron chi connectivity index (χ1n) is 13.6. The number of ether oxygens (including phenoxy) is 4. The third-order valence-corrected chi connectivity index (χ3v) is 8.23. The summed E-state index contributed by atoms with van der Waals surface area (Å²) in [6.45, 7) is 5.46. The molecule has 0 radical (unpaired) electrons. The normalized spacial score (nSPS) is 25.0. The van der Waals surface area contributed by atoms with E-state index in [0.29, 0.717) is 30.5 Å². The molecule has 0 saturated carbocycles. The maximum atomic E-state index is 13.5. The van der Waals surface area contributed by atoms with Crippen molar-refractivity contribution in [2.75, 3.05) is 19.8 Å². The molecule has 0 bridgehead atoms. The van der Waals surface area contributed by atoms with E-state index in [1.54, 1.807) is 29.2 Å². The summed E-state index contributed by atoms with van der Waals surface area (Å²) in [5.74, 6) is 0.875. The van der Waals surface area contributed by atoms with Gasteiger partial charge in [0.1, 0.15) is 17.5 Å². The highest BCUT2D eigenvalue weighted by Gasteiger charge is 2.42. The number of hydrogen-bond donors (Lipinski definition) is 1. The highest BCUT2D eigenvalue weighted by Crippen LogP contribution is 2.47. The van der Waals surface area contributed by atoms with Gasteiger partial charge in [0.15, 0.2) is 5.79 Å². The zero-order chi connectivity index (χ0) is 27.9. The molecular weight excluding hydrogens is 551 g/mol. The minimum Gasteiger partial charge on any atom is -0.493 e. The Balaban J connectivity index is 1.21. The monoisotopic (exact) mass is 582 g/mol. The van der Waals surface area contributed by atoms with Gasteiger partial charge < -0.3 is 24.3 Å². The van der Waals surface area contributed by atoms with Crippen molar-refractivity contribution >= 4 is 29.3 Å². The van der Waals surface area contributed by atoms with E-state index in [0.717, 1.165) is 47.0 Å². The number of halogens is 2. The van der Waals surface area contributed by atoms with E-state index in [9.17, 15) is 4.79 Å². The van der Waals surface area contributed by atoms with Crippen LogP contribution in [0.1, 0.15) is 44.7 Å².